The molecule has 4 bridgehead atoms. The lowest BCUT2D eigenvalue weighted by atomic mass is 9.54. The lowest BCUT2D eigenvalue weighted by Crippen LogP contribution is -2.59. The molecule has 2 N–H and O–H groups in total. The number of nitrogens with zero attached hydrogens (tertiary/aromatic N) is 1. The number of sulfonamides is 1. The Kier molecular flexibility index (Phi) is 4.06. The van der Waals surface area contributed by atoms with Crippen LogP contribution in [0.2, 0.25) is 0 Å². The van der Waals surface area contributed by atoms with Crippen molar-refractivity contribution in [2.75, 3.05) is 0 Å². The molecule has 0 spiro atoms. The van der Waals surface area contributed by atoms with Crippen molar-refractivity contribution in [3.8, 4) is 0 Å². The molecule has 6 nitrogen and oxygen atoms in total. The van der Waals surface area contributed by atoms with Gasteiger partial charge in [-0.1, -0.05) is 18.2 Å². The van der Waals surface area contributed by atoms with Crippen molar-refractivity contribution < 1.29 is 13.2 Å². The Hall–Kier alpha value is -1.99. The number of aromatic nitrogens is 1. The van der Waals surface area contributed by atoms with Gasteiger partial charge < -0.3 is 5.32 Å². The molecule has 5 aliphatic rings. The van der Waals surface area contributed by atoms with Gasteiger partial charge in [0.1, 0.15) is 10.4 Å². The largest absolute Gasteiger partial charge is 0.351 e. The average Bonchev–Trinajstić information content (AvgIpc) is 3.49. The second-order valence-electron chi connectivity index (χ2n) is 9.95. The van der Waals surface area contributed by atoms with E-state index >= 15 is 0 Å². The Bertz CT molecular complexity index is 1090. The van der Waals surface area contributed by atoms with Crippen molar-refractivity contribution in [3.05, 3.63) is 36.5 Å². The first-order valence-electron chi connectivity index (χ1n) is 11.1. The summed E-state index contributed by atoms with van der Waals surface area (Å²) in [5.41, 5.74) is -0.575. The first kappa shape index (κ1) is 18.8. The van der Waals surface area contributed by atoms with Gasteiger partial charge in [-0.25, -0.2) is 8.42 Å². The van der Waals surface area contributed by atoms with Crippen molar-refractivity contribution in [2.24, 2.45) is 23.7 Å². The zero-order chi connectivity index (χ0) is 20.5. The number of amides is 1. The van der Waals surface area contributed by atoms with Gasteiger partial charge in [0.2, 0.25) is 15.9 Å². The van der Waals surface area contributed by atoms with E-state index in [9.17, 15) is 13.2 Å². The smallest absolute Gasteiger partial charge is 0.243 e. The number of rotatable bonds is 5. The van der Waals surface area contributed by atoms with Crippen LogP contribution < -0.4 is 10.0 Å². The van der Waals surface area contributed by atoms with E-state index in [-0.39, 0.29) is 16.8 Å². The van der Waals surface area contributed by atoms with Gasteiger partial charge in [0, 0.05) is 17.6 Å². The minimum absolute atomic E-state index is 0.134. The van der Waals surface area contributed by atoms with E-state index in [0.29, 0.717) is 30.2 Å². The third-order valence-electron chi connectivity index (χ3n) is 7.92. The maximum atomic E-state index is 13.2. The van der Waals surface area contributed by atoms with Crippen LogP contribution in [0.25, 0.3) is 10.9 Å². The van der Waals surface area contributed by atoms with Crippen LogP contribution in [0.4, 0.5) is 0 Å². The van der Waals surface area contributed by atoms with Crippen LogP contribution in [0.15, 0.2) is 41.4 Å². The highest BCUT2D eigenvalue weighted by Crippen LogP contribution is 2.54. The third kappa shape index (κ3) is 2.97. The van der Waals surface area contributed by atoms with Gasteiger partial charge in [-0.15, -0.1) is 0 Å². The van der Waals surface area contributed by atoms with Crippen molar-refractivity contribution in [1.29, 1.82) is 0 Å². The quantitative estimate of drug-likeness (QED) is 0.771. The Balaban J connectivity index is 1.23. The number of benzene rings is 1. The van der Waals surface area contributed by atoms with Crippen LogP contribution >= 0.6 is 0 Å². The van der Waals surface area contributed by atoms with Crippen LogP contribution in [0.1, 0.15) is 44.9 Å². The highest BCUT2D eigenvalue weighted by molar-refractivity contribution is 7.89. The molecule has 0 radical (unpaired) electrons. The molecule has 0 aliphatic heterocycles. The molecule has 0 saturated heterocycles. The third-order valence-corrected chi connectivity index (χ3v) is 9.49. The molecular weight excluding hydrogens is 398 g/mol. The van der Waals surface area contributed by atoms with Crippen LogP contribution in [0.3, 0.4) is 0 Å². The lowest BCUT2D eigenvalue weighted by Gasteiger charge is -2.54. The zero-order valence-corrected chi connectivity index (χ0v) is 17.7. The first-order chi connectivity index (χ1) is 14.4. The summed E-state index contributed by atoms with van der Waals surface area (Å²) in [5.74, 6) is 2.68. The second kappa shape index (κ2) is 6.50. The Morgan fingerprint density at radius 3 is 2.30 bits per heavy atom. The summed E-state index contributed by atoms with van der Waals surface area (Å²) in [6.45, 7) is 0. The summed E-state index contributed by atoms with van der Waals surface area (Å²) >= 11 is 0. The average molecular weight is 426 g/mol. The van der Waals surface area contributed by atoms with E-state index in [1.54, 1.807) is 24.4 Å². The normalized spacial score (nSPS) is 33.5. The van der Waals surface area contributed by atoms with E-state index in [1.807, 2.05) is 12.1 Å². The highest BCUT2D eigenvalue weighted by Gasteiger charge is 2.55. The predicted molar refractivity (Wildman–Crippen MR) is 113 cm³/mol. The molecule has 0 unspecified atom stereocenters. The monoisotopic (exact) mass is 425 g/mol. The van der Waals surface area contributed by atoms with Crippen molar-refractivity contribution in [1.82, 2.24) is 15.0 Å². The summed E-state index contributed by atoms with van der Waals surface area (Å²) in [4.78, 5) is 17.6. The SMILES string of the molecule is O=C(NC1C2CC3CC(C2)CC1C3)C1(NS(=O)(=O)c2cccc3cccnc23)CC1. The molecule has 158 valence electrons. The molecule has 1 heterocycles. The Morgan fingerprint density at radius 2 is 1.63 bits per heavy atom. The molecule has 5 saturated carbocycles. The van der Waals surface area contributed by atoms with Gasteiger partial charge in [-0.2, -0.15) is 4.72 Å². The van der Waals surface area contributed by atoms with Gasteiger partial charge in [0.05, 0.1) is 5.52 Å². The highest BCUT2D eigenvalue weighted by atomic mass is 32.2. The molecule has 30 heavy (non-hydrogen) atoms. The fourth-order valence-corrected chi connectivity index (χ4v) is 8.16. The van der Waals surface area contributed by atoms with Gasteiger partial charge >= 0.3 is 0 Å². The number of nitrogens with one attached hydrogen (secondary N) is 2. The van der Waals surface area contributed by atoms with Gasteiger partial charge in [0.15, 0.2) is 0 Å². The van der Waals surface area contributed by atoms with E-state index in [2.05, 4.69) is 15.0 Å². The molecule has 1 aromatic heterocycles. The number of pyridine rings is 1. The molecule has 1 aromatic carbocycles. The molecule has 1 amide bonds. The van der Waals surface area contributed by atoms with E-state index < -0.39 is 15.6 Å². The van der Waals surface area contributed by atoms with Crippen molar-refractivity contribution >= 4 is 26.8 Å². The Morgan fingerprint density at radius 1 is 0.967 bits per heavy atom. The minimum Gasteiger partial charge on any atom is -0.351 e. The zero-order valence-electron chi connectivity index (χ0n) is 16.9. The second-order valence-corrected chi connectivity index (χ2v) is 11.6. The topological polar surface area (TPSA) is 88.2 Å². The number of carbonyl (C=O) groups is 1. The Labute approximate surface area is 176 Å². The molecule has 0 atom stereocenters. The van der Waals surface area contributed by atoms with E-state index in [0.717, 1.165) is 17.2 Å². The molecule has 7 heteroatoms. The van der Waals surface area contributed by atoms with Crippen LogP contribution in [0, 0.1) is 23.7 Å². The maximum absolute atomic E-state index is 13.2. The van der Waals surface area contributed by atoms with Crippen LogP contribution in [0.5, 0.6) is 0 Å². The van der Waals surface area contributed by atoms with E-state index in [4.69, 9.17) is 0 Å². The number of hydrogen-bond acceptors (Lipinski definition) is 4. The summed E-state index contributed by atoms with van der Waals surface area (Å²) in [6.07, 6.45) is 8.93. The summed E-state index contributed by atoms with van der Waals surface area (Å²) in [6, 6.07) is 8.95. The number of hydrogen-bond donors (Lipinski definition) is 2. The maximum Gasteiger partial charge on any atom is 0.243 e. The summed E-state index contributed by atoms with van der Waals surface area (Å²) in [5, 5.41) is 4.06. The van der Waals surface area contributed by atoms with Crippen molar-refractivity contribution in [3.63, 3.8) is 0 Å². The standard InChI is InChI=1S/C23H27N3O3S/c27-22(25-20-17-10-14-9-15(12-17)13-18(20)11-14)23(6-7-23)26-30(28,29)19-5-1-3-16-4-2-8-24-21(16)19/h1-5,8,14-15,17-18,20,26H,6-7,9-13H2,(H,25,27). The van der Waals surface area contributed by atoms with Gasteiger partial charge in [-0.05, 0) is 80.8 Å². The van der Waals surface area contributed by atoms with Crippen LogP contribution in [-0.2, 0) is 14.8 Å². The first-order valence-corrected chi connectivity index (χ1v) is 12.6. The minimum atomic E-state index is -3.86. The predicted octanol–water partition coefficient (Wildman–Crippen LogP) is 2.99. The van der Waals surface area contributed by atoms with Gasteiger partial charge in [0.25, 0.3) is 0 Å². The summed E-state index contributed by atoms with van der Waals surface area (Å²) in [7, 11) is -3.86. The molecule has 5 aliphatic carbocycles. The van der Waals surface area contributed by atoms with E-state index in [1.165, 1.54) is 32.1 Å². The summed E-state index contributed by atoms with van der Waals surface area (Å²) < 4.78 is 29.2. The fraction of sp³-hybridized carbons (Fsp3) is 0.565. The number of fused-ring (bicyclic) bond motifs is 1. The van der Waals surface area contributed by atoms with Gasteiger partial charge in [-0.3, -0.25) is 9.78 Å². The molecule has 2 aromatic rings. The molecular formula is C23H27N3O3S. The number of para-hydroxylation sites is 1. The fourth-order valence-electron chi connectivity index (χ4n) is 6.56. The molecule has 7 rings (SSSR count). The lowest BCUT2D eigenvalue weighted by molar-refractivity contribution is -0.127. The number of carbonyl (C=O) groups excluding carboxylic acids is 1. The molecule has 5 fully saturated rings. The van der Waals surface area contributed by atoms with Crippen LogP contribution in [-0.4, -0.2) is 30.9 Å². The van der Waals surface area contributed by atoms with Crippen molar-refractivity contribution in [2.45, 2.75) is 61.4 Å².